The minimum Gasteiger partial charge on any atom is -0.354 e. The summed E-state index contributed by atoms with van der Waals surface area (Å²) < 4.78 is 24.1. The number of hydrogen-bond acceptors (Lipinski definition) is 1. The fourth-order valence-electron chi connectivity index (χ4n) is 1.32. The van der Waals surface area contributed by atoms with E-state index in [-0.39, 0.29) is 18.0 Å². The van der Waals surface area contributed by atoms with E-state index < -0.39 is 6.43 Å². The maximum Gasteiger partial charge on any atom is 0.255 e. The van der Waals surface area contributed by atoms with Gasteiger partial charge in [-0.1, -0.05) is 20.8 Å². The molecule has 1 unspecified atom stereocenters. The van der Waals surface area contributed by atoms with Crippen LogP contribution in [0.15, 0.2) is 4.99 Å². The third kappa shape index (κ3) is 10.0. The summed E-state index contributed by atoms with van der Waals surface area (Å²) in [6, 6.07) is 0.220. The standard InChI is InChI=1S/C12H25F2N3/c1-9(6-7-12(2,3)4)17-11(15-5)16-8-10(13)14/h9-10H,6-8H2,1-5H3,(H2,15,16,17). The Morgan fingerprint density at radius 3 is 2.29 bits per heavy atom. The molecule has 0 saturated carbocycles. The molecule has 1 atom stereocenters. The zero-order valence-electron chi connectivity index (χ0n) is 11.5. The Kier molecular flexibility index (Phi) is 7.07. The molecule has 0 rings (SSSR count). The van der Waals surface area contributed by atoms with Gasteiger partial charge in [-0.05, 0) is 25.2 Å². The number of hydrogen-bond donors (Lipinski definition) is 2. The summed E-state index contributed by atoms with van der Waals surface area (Å²) in [6.45, 7) is 8.21. The van der Waals surface area contributed by atoms with Crippen LogP contribution in [-0.2, 0) is 0 Å². The van der Waals surface area contributed by atoms with E-state index in [1.807, 2.05) is 6.92 Å². The SMILES string of the molecule is CN=C(NCC(F)F)NC(C)CCC(C)(C)C. The quantitative estimate of drug-likeness (QED) is 0.580. The summed E-state index contributed by atoms with van der Waals surface area (Å²) in [5.74, 6) is 0.437. The molecule has 0 heterocycles. The summed E-state index contributed by atoms with van der Waals surface area (Å²) in [5, 5.41) is 5.69. The lowest BCUT2D eigenvalue weighted by atomic mass is 9.89. The van der Waals surface area contributed by atoms with E-state index in [0.29, 0.717) is 5.96 Å². The van der Waals surface area contributed by atoms with Crippen molar-refractivity contribution in [2.75, 3.05) is 13.6 Å². The van der Waals surface area contributed by atoms with E-state index in [0.717, 1.165) is 12.8 Å². The van der Waals surface area contributed by atoms with Crippen molar-refractivity contribution < 1.29 is 8.78 Å². The predicted octanol–water partition coefficient (Wildman–Crippen LogP) is 2.63. The van der Waals surface area contributed by atoms with Crippen molar-refractivity contribution in [3.63, 3.8) is 0 Å². The fraction of sp³-hybridized carbons (Fsp3) is 0.917. The Balaban J connectivity index is 3.95. The second kappa shape index (κ2) is 7.45. The molecule has 102 valence electrons. The summed E-state index contributed by atoms with van der Waals surface area (Å²) >= 11 is 0. The van der Waals surface area contributed by atoms with Gasteiger partial charge in [-0.25, -0.2) is 8.78 Å². The van der Waals surface area contributed by atoms with Crippen molar-refractivity contribution in [1.82, 2.24) is 10.6 Å². The molecule has 0 bridgehead atoms. The maximum absolute atomic E-state index is 12.0. The Morgan fingerprint density at radius 1 is 1.29 bits per heavy atom. The molecule has 17 heavy (non-hydrogen) atoms. The van der Waals surface area contributed by atoms with Crippen LogP contribution in [0.3, 0.4) is 0 Å². The largest absolute Gasteiger partial charge is 0.354 e. The Labute approximate surface area is 103 Å². The second-order valence-electron chi connectivity index (χ2n) is 5.49. The minimum absolute atomic E-state index is 0.220. The topological polar surface area (TPSA) is 36.4 Å². The van der Waals surface area contributed by atoms with E-state index in [1.165, 1.54) is 0 Å². The van der Waals surface area contributed by atoms with Crippen molar-refractivity contribution in [3.05, 3.63) is 0 Å². The average molecular weight is 249 g/mol. The first-order chi connectivity index (χ1) is 7.74. The van der Waals surface area contributed by atoms with Crippen molar-refractivity contribution >= 4 is 5.96 Å². The second-order valence-corrected chi connectivity index (χ2v) is 5.49. The van der Waals surface area contributed by atoms with Gasteiger partial charge in [-0.2, -0.15) is 0 Å². The van der Waals surface area contributed by atoms with Crippen molar-refractivity contribution in [3.8, 4) is 0 Å². The van der Waals surface area contributed by atoms with Crippen LogP contribution in [0.5, 0.6) is 0 Å². The molecule has 0 radical (unpaired) electrons. The summed E-state index contributed by atoms with van der Waals surface area (Å²) in [4.78, 5) is 3.91. The number of aliphatic imine (C=N–C) groups is 1. The normalized spacial score (nSPS) is 14.9. The van der Waals surface area contributed by atoms with E-state index in [2.05, 4.69) is 36.4 Å². The van der Waals surface area contributed by atoms with Crippen LogP contribution in [-0.4, -0.2) is 32.0 Å². The van der Waals surface area contributed by atoms with Gasteiger partial charge in [0.15, 0.2) is 5.96 Å². The summed E-state index contributed by atoms with van der Waals surface area (Å²) in [5.41, 5.74) is 0.288. The zero-order chi connectivity index (χ0) is 13.5. The van der Waals surface area contributed by atoms with Crippen LogP contribution in [0.25, 0.3) is 0 Å². The van der Waals surface area contributed by atoms with Crippen LogP contribution in [0.2, 0.25) is 0 Å². The minimum atomic E-state index is -2.36. The number of nitrogens with one attached hydrogen (secondary N) is 2. The first kappa shape index (κ1) is 16.1. The van der Waals surface area contributed by atoms with Gasteiger partial charge in [0.05, 0.1) is 6.54 Å². The maximum atomic E-state index is 12.0. The molecule has 0 aliphatic heterocycles. The van der Waals surface area contributed by atoms with Gasteiger partial charge in [0.25, 0.3) is 6.43 Å². The molecular formula is C12H25F2N3. The van der Waals surface area contributed by atoms with Crippen molar-refractivity contribution in [1.29, 1.82) is 0 Å². The van der Waals surface area contributed by atoms with Gasteiger partial charge < -0.3 is 10.6 Å². The fourth-order valence-corrected chi connectivity index (χ4v) is 1.32. The van der Waals surface area contributed by atoms with E-state index in [1.54, 1.807) is 7.05 Å². The first-order valence-corrected chi connectivity index (χ1v) is 6.00. The van der Waals surface area contributed by atoms with Gasteiger partial charge >= 0.3 is 0 Å². The Morgan fingerprint density at radius 2 is 1.88 bits per heavy atom. The molecule has 0 aromatic rings. The molecule has 0 aromatic carbocycles. The lowest BCUT2D eigenvalue weighted by Crippen LogP contribution is -2.44. The van der Waals surface area contributed by atoms with Crippen LogP contribution in [0.1, 0.15) is 40.5 Å². The molecule has 0 fully saturated rings. The highest BCUT2D eigenvalue weighted by atomic mass is 19.3. The molecule has 0 spiro atoms. The van der Waals surface area contributed by atoms with Gasteiger partial charge in [0, 0.05) is 13.1 Å². The van der Waals surface area contributed by atoms with Gasteiger partial charge in [0.1, 0.15) is 0 Å². The number of nitrogens with zero attached hydrogens (tertiary/aromatic N) is 1. The van der Waals surface area contributed by atoms with Crippen LogP contribution >= 0.6 is 0 Å². The number of rotatable bonds is 5. The highest BCUT2D eigenvalue weighted by Crippen LogP contribution is 2.21. The van der Waals surface area contributed by atoms with Crippen molar-refractivity contribution in [2.24, 2.45) is 10.4 Å². The number of guanidine groups is 1. The molecule has 5 heteroatoms. The average Bonchev–Trinajstić information content (AvgIpc) is 2.20. The monoisotopic (exact) mass is 249 g/mol. The highest BCUT2D eigenvalue weighted by molar-refractivity contribution is 5.79. The van der Waals surface area contributed by atoms with E-state index >= 15 is 0 Å². The third-order valence-corrected chi connectivity index (χ3v) is 2.36. The summed E-state index contributed by atoms with van der Waals surface area (Å²) in [7, 11) is 1.58. The third-order valence-electron chi connectivity index (χ3n) is 2.36. The predicted molar refractivity (Wildman–Crippen MR) is 68.7 cm³/mol. The van der Waals surface area contributed by atoms with Gasteiger partial charge in [-0.3, -0.25) is 4.99 Å². The first-order valence-electron chi connectivity index (χ1n) is 6.00. The van der Waals surface area contributed by atoms with Crippen molar-refractivity contribution in [2.45, 2.75) is 53.0 Å². The van der Waals surface area contributed by atoms with Gasteiger partial charge in [0.2, 0.25) is 0 Å². The summed E-state index contributed by atoms with van der Waals surface area (Å²) in [6.07, 6.45) is -0.301. The zero-order valence-corrected chi connectivity index (χ0v) is 11.5. The molecule has 0 saturated heterocycles. The van der Waals surface area contributed by atoms with Gasteiger partial charge in [-0.15, -0.1) is 0 Å². The number of halogens is 2. The van der Waals surface area contributed by atoms with E-state index in [4.69, 9.17) is 0 Å². The highest BCUT2D eigenvalue weighted by Gasteiger charge is 2.13. The van der Waals surface area contributed by atoms with E-state index in [9.17, 15) is 8.78 Å². The lowest BCUT2D eigenvalue weighted by Gasteiger charge is -2.23. The molecular weight excluding hydrogens is 224 g/mol. The Bertz CT molecular complexity index is 234. The molecule has 2 N–H and O–H groups in total. The van der Waals surface area contributed by atoms with Crippen LogP contribution in [0.4, 0.5) is 8.78 Å². The molecule has 0 aromatic heterocycles. The Hall–Kier alpha value is -0.870. The van der Waals surface area contributed by atoms with Crippen LogP contribution in [0, 0.1) is 5.41 Å². The molecule has 0 amide bonds. The van der Waals surface area contributed by atoms with Crippen LogP contribution < -0.4 is 10.6 Å². The molecule has 3 nitrogen and oxygen atoms in total. The smallest absolute Gasteiger partial charge is 0.255 e. The molecule has 0 aliphatic rings. The number of alkyl halides is 2. The lowest BCUT2D eigenvalue weighted by molar-refractivity contribution is 0.152. The molecule has 0 aliphatic carbocycles.